The molecule has 1 aromatic heterocycles. The van der Waals surface area contributed by atoms with Crippen LogP contribution in [0.4, 0.5) is 5.69 Å². The van der Waals surface area contributed by atoms with Crippen molar-refractivity contribution in [1.82, 2.24) is 9.97 Å². The zero-order valence-corrected chi connectivity index (χ0v) is 15.6. The van der Waals surface area contributed by atoms with E-state index in [0.29, 0.717) is 0 Å². The van der Waals surface area contributed by atoms with E-state index in [2.05, 4.69) is 9.97 Å². The largest absolute Gasteiger partial charge is 0.509 e. The summed E-state index contributed by atoms with van der Waals surface area (Å²) in [4.78, 5) is 21.0. The van der Waals surface area contributed by atoms with Gasteiger partial charge in [0.05, 0.1) is 27.9 Å². The van der Waals surface area contributed by atoms with Crippen LogP contribution < -0.4 is 10.5 Å². The summed E-state index contributed by atoms with van der Waals surface area (Å²) in [5.41, 5.74) is 0.517. The summed E-state index contributed by atoms with van der Waals surface area (Å²) in [5.74, 6) is -0.0924. The predicted octanol–water partition coefficient (Wildman–Crippen LogP) is 2.09. The molecule has 0 radical (unpaired) electrons. The first-order valence-electron chi connectivity index (χ1n) is 8.34. The second-order valence-electron chi connectivity index (χ2n) is 6.46. The number of nitrogens with zero attached hydrogens (tertiary/aromatic N) is 2. The first-order chi connectivity index (χ1) is 13.3. The lowest BCUT2D eigenvalue weighted by Gasteiger charge is -2.18. The first-order valence-corrected chi connectivity index (χ1v) is 10.2. The number of fused-ring (bicyclic) bond motifs is 1. The van der Waals surface area contributed by atoms with Crippen LogP contribution in [0.1, 0.15) is 5.82 Å². The number of hydrogen-bond donors (Lipinski definition) is 3. The van der Waals surface area contributed by atoms with Crippen molar-refractivity contribution < 1.29 is 13.5 Å². The molecule has 0 saturated carbocycles. The van der Waals surface area contributed by atoms with Gasteiger partial charge < -0.3 is 15.0 Å². The number of aliphatic hydroxyl groups is 1. The van der Waals surface area contributed by atoms with E-state index in [0.717, 1.165) is 11.9 Å². The van der Waals surface area contributed by atoms with E-state index < -0.39 is 15.4 Å². The van der Waals surface area contributed by atoms with Gasteiger partial charge in [-0.2, -0.15) is 0 Å². The fraction of sp³-hybridized carbons (Fsp3) is 0.105. The molecule has 0 bridgehead atoms. The molecule has 3 N–H and O–H groups in total. The van der Waals surface area contributed by atoms with Crippen LogP contribution in [0.5, 0.6) is 0 Å². The topological polar surface area (TPSA) is 127 Å². The van der Waals surface area contributed by atoms with Gasteiger partial charge in [0.1, 0.15) is 17.4 Å². The smallest absolute Gasteiger partial charge is 0.259 e. The van der Waals surface area contributed by atoms with Gasteiger partial charge in [-0.15, -0.1) is 0 Å². The second kappa shape index (κ2) is 6.31. The Morgan fingerprint density at radius 3 is 2.57 bits per heavy atom. The van der Waals surface area contributed by atoms with Crippen LogP contribution in [0.3, 0.4) is 0 Å². The Hall–Kier alpha value is -3.46. The van der Waals surface area contributed by atoms with E-state index in [1.165, 1.54) is 18.2 Å². The van der Waals surface area contributed by atoms with Crippen molar-refractivity contribution >= 4 is 37.8 Å². The van der Waals surface area contributed by atoms with Crippen molar-refractivity contribution in [3.05, 3.63) is 70.5 Å². The Balaban J connectivity index is 1.83. The SMILES string of the molecule is CS(=O)(=O)c1ccc2c(=O)[nH]c(C3=C(O)CN(c4ccccc4)C3=N)nc2c1. The van der Waals surface area contributed by atoms with Crippen LogP contribution in [0, 0.1) is 5.41 Å². The molecule has 1 aliphatic heterocycles. The molecule has 3 aromatic rings. The third-order valence-corrected chi connectivity index (χ3v) is 5.62. The van der Waals surface area contributed by atoms with E-state index >= 15 is 0 Å². The number of nitrogens with one attached hydrogen (secondary N) is 2. The molecule has 0 fully saturated rings. The summed E-state index contributed by atoms with van der Waals surface area (Å²) < 4.78 is 23.6. The average molecular weight is 396 g/mol. The minimum absolute atomic E-state index is 0.00883. The first kappa shape index (κ1) is 17.9. The number of anilines is 1. The lowest BCUT2D eigenvalue weighted by molar-refractivity contribution is 0.411. The third kappa shape index (κ3) is 2.95. The van der Waals surface area contributed by atoms with Gasteiger partial charge in [-0.05, 0) is 30.3 Å². The minimum Gasteiger partial charge on any atom is -0.509 e. The molecule has 8 nitrogen and oxygen atoms in total. The van der Waals surface area contributed by atoms with Crippen molar-refractivity contribution in [3.8, 4) is 0 Å². The Bertz CT molecular complexity index is 1310. The van der Waals surface area contributed by atoms with Crippen molar-refractivity contribution in [2.45, 2.75) is 4.90 Å². The summed E-state index contributed by atoms with van der Waals surface area (Å²) in [7, 11) is -3.47. The molecule has 0 saturated heterocycles. The molecule has 0 aliphatic carbocycles. The lowest BCUT2D eigenvalue weighted by atomic mass is 10.2. The van der Waals surface area contributed by atoms with Gasteiger partial charge in [0.25, 0.3) is 5.56 Å². The van der Waals surface area contributed by atoms with Crippen molar-refractivity contribution in [2.24, 2.45) is 0 Å². The van der Waals surface area contributed by atoms with Crippen LogP contribution in [-0.2, 0) is 9.84 Å². The quantitative estimate of drug-likeness (QED) is 0.622. The molecule has 0 amide bonds. The van der Waals surface area contributed by atoms with Crippen molar-refractivity contribution in [1.29, 1.82) is 5.41 Å². The molecule has 1 aliphatic rings. The summed E-state index contributed by atoms with van der Waals surface area (Å²) in [6.45, 7) is 0.0727. The molecule has 0 atom stereocenters. The van der Waals surface area contributed by atoms with Gasteiger partial charge in [-0.1, -0.05) is 18.2 Å². The van der Waals surface area contributed by atoms with Gasteiger partial charge in [-0.25, -0.2) is 13.4 Å². The van der Waals surface area contributed by atoms with Crippen LogP contribution in [-0.4, -0.2) is 42.1 Å². The Labute approximate surface area is 160 Å². The molecule has 142 valence electrons. The number of benzene rings is 2. The monoisotopic (exact) mass is 396 g/mol. The summed E-state index contributed by atoms with van der Waals surface area (Å²) in [5, 5.41) is 19.1. The van der Waals surface area contributed by atoms with Crippen molar-refractivity contribution in [3.63, 3.8) is 0 Å². The minimum atomic E-state index is -3.47. The molecule has 2 heterocycles. The highest BCUT2D eigenvalue weighted by molar-refractivity contribution is 7.90. The standard InChI is InChI=1S/C19H16N4O4S/c1-28(26,27)12-7-8-13-14(9-12)21-18(22-19(13)25)16-15(24)10-23(17(16)20)11-5-3-2-4-6-11/h2-9,20,24H,10H2,1H3,(H,21,22,25). The Kier molecular flexibility index (Phi) is 4.04. The Morgan fingerprint density at radius 1 is 1.18 bits per heavy atom. The maximum absolute atomic E-state index is 12.4. The molecule has 28 heavy (non-hydrogen) atoms. The number of H-pyrrole nitrogens is 1. The highest BCUT2D eigenvalue weighted by atomic mass is 32.2. The van der Waals surface area contributed by atoms with E-state index in [9.17, 15) is 18.3 Å². The Morgan fingerprint density at radius 2 is 1.89 bits per heavy atom. The molecule has 2 aromatic carbocycles. The normalized spacial score (nSPS) is 14.9. The lowest BCUT2D eigenvalue weighted by Crippen LogP contribution is -2.26. The number of hydrogen-bond acceptors (Lipinski definition) is 6. The molecule has 0 spiro atoms. The fourth-order valence-electron chi connectivity index (χ4n) is 3.12. The number of amidine groups is 1. The zero-order chi connectivity index (χ0) is 20.1. The van der Waals surface area contributed by atoms with Gasteiger partial charge >= 0.3 is 0 Å². The van der Waals surface area contributed by atoms with E-state index in [1.807, 2.05) is 18.2 Å². The number of rotatable bonds is 3. The van der Waals surface area contributed by atoms with Crippen LogP contribution in [0.25, 0.3) is 16.5 Å². The van der Waals surface area contributed by atoms with Gasteiger partial charge in [0.15, 0.2) is 9.84 Å². The van der Waals surface area contributed by atoms with Gasteiger partial charge in [0.2, 0.25) is 0 Å². The third-order valence-electron chi connectivity index (χ3n) is 4.51. The number of aromatic amines is 1. The van der Waals surface area contributed by atoms with Crippen molar-refractivity contribution in [2.75, 3.05) is 17.7 Å². The van der Waals surface area contributed by atoms with E-state index in [1.54, 1.807) is 17.0 Å². The van der Waals surface area contributed by atoms with Crippen LogP contribution in [0.15, 0.2) is 64.0 Å². The summed E-state index contributed by atoms with van der Waals surface area (Å²) >= 11 is 0. The van der Waals surface area contributed by atoms with Gasteiger partial charge in [-0.3, -0.25) is 10.2 Å². The number of aliphatic hydroxyl groups excluding tert-OH is 1. The van der Waals surface area contributed by atoms with E-state index in [4.69, 9.17) is 5.41 Å². The highest BCUT2D eigenvalue weighted by Gasteiger charge is 2.31. The molecular formula is C19H16N4O4S. The second-order valence-corrected chi connectivity index (χ2v) is 8.47. The molecule has 9 heteroatoms. The summed E-state index contributed by atoms with van der Waals surface area (Å²) in [6.07, 6.45) is 1.07. The molecule has 4 rings (SSSR count). The van der Waals surface area contributed by atoms with E-state index in [-0.39, 0.29) is 45.3 Å². The fourth-order valence-corrected chi connectivity index (χ4v) is 3.77. The number of aromatic nitrogens is 2. The van der Waals surface area contributed by atoms with Crippen LogP contribution >= 0.6 is 0 Å². The molecular weight excluding hydrogens is 380 g/mol. The van der Waals surface area contributed by atoms with Crippen LogP contribution in [0.2, 0.25) is 0 Å². The average Bonchev–Trinajstić information content (AvgIpc) is 2.95. The molecule has 0 unspecified atom stereocenters. The number of para-hydroxylation sites is 1. The maximum atomic E-state index is 12.4. The zero-order valence-electron chi connectivity index (χ0n) is 14.8. The highest BCUT2D eigenvalue weighted by Crippen LogP contribution is 2.29. The maximum Gasteiger partial charge on any atom is 0.259 e. The summed E-state index contributed by atoms with van der Waals surface area (Å²) in [6, 6.07) is 13.2. The predicted molar refractivity (Wildman–Crippen MR) is 107 cm³/mol. The number of sulfone groups is 1. The van der Waals surface area contributed by atoms with Gasteiger partial charge in [0, 0.05) is 11.9 Å².